The van der Waals surface area contributed by atoms with Crippen LogP contribution in [0.2, 0.25) is 5.02 Å². The van der Waals surface area contributed by atoms with E-state index in [-0.39, 0.29) is 11.9 Å². The number of nitrogens with one attached hydrogen (secondary N) is 1. The van der Waals surface area contributed by atoms with Crippen LogP contribution in [0.4, 0.5) is 0 Å². The van der Waals surface area contributed by atoms with Crippen LogP contribution in [0.3, 0.4) is 0 Å². The first-order valence-corrected chi connectivity index (χ1v) is 8.58. The van der Waals surface area contributed by atoms with E-state index in [9.17, 15) is 4.79 Å². The summed E-state index contributed by atoms with van der Waals surface area (Å²) in [5.41, 5.74) is 1.60. The Morgan fingerprint density at radius 2 is 2.13 bits per heavy atom. The monoisotopic (exact) mass is 331 g/mol. The molecule has 1 saturated carbocycles. The molecule has 5 heteroatoms. The van der Waals surface area contributed by atoms with Crippen LogP contribution < -0.4 is 5.32 Å². The first kappa shape index (κ1) is 16.1. The molecule has 1 heterocycles. The Labute approximate surface area is 141 Å². The molecule has 0 spiro atoms. The van der Waals surface area contributed by atoms with Gasteiger partial charge >= 0.3 is 0 Å². The fourth-order valence-electron chi connectivity index (χ4n) is 3.15. The summed E-state index contributed by atoms with van der Waals surface area (Å²) in [6.07, 6.45) is 8.13. The van der Waals surface area contributed by atoms with E-state index in [1.54, 1.807) is 17.1 Å². The fourth-order valence-corrected chi connectivity index (χ4v) is 3.35. The minimum atomic E-state index is -0.0332. The molecule has 1 aromatic heterocycles. The quantitative estimate of drug-likeness (QED) is 0.923. The van der Waals surface area contributed by atoms with E-state index in [1.807, 2.05) is 24.3 Å². The third kappa shape index (κ3) is 3.94. The number of hydrogen-bond acceptors (Lipinski definition) is 2. The van der Waals surface area contributed by atoms with E-state index < -0.39 is 0 Å². The fraction of sp³-hybridized carbons (Fsp3) is 0.444. The van der Waals surface area contributed by atoms with E-state index in [4.69, 9.17) is 11.6 Å². The van der Waals surface area contributed by atoms with Crippen LogP contribution in [0.25, 0.3) is 0 Å². The molecule has 1 N–H and O–H groups in total. The van der Waals surface area contributed by atoms with Gasteiger partial charge in [0.15, 0.2) is 0 Å². The van der Waals surface area contributed by atoms with Gasteiger partial charge in [0, 0.05) is 17.3 Å². The van der Waals surface area contributed by atoms with Crippen molar-refractivity contribution >= 4 is 17.5 Å². The summed E-state index contributed by atoms with van der Waals surface area (Å²) in [4.78, 5) is 12.4. The van der Waals surface area contributed by atoms with E-state index in [0.717, 1.165) is 12.0 Å². The van der Waals surface area contributed by atoms with Crippen molar-refractivity contribution in [1.29, 1.82) is 0 Å². The van der Waals surface area contributed by atoms with Gasteiger partial charge < -0.3 is 5.32 Å². The Kier molecular flexibility index (Phi) is 5.01. The van der Waals surface area contributed by atoms with Crippen LogP contribution >= 0.6 is 11.6 Å². The molecule has 2 aromatic rings. The van der Waals surface area contributed by atoms with Gasteiger partial charge in [-0.1, -0.05) is 49.6 Å². The van der Waals surface area contributed by atoms with Crippen LogP contribution in [-0.2, 0) is 6.54 Å². The number of aromatic nitrogens is 2. The summed E-state index contributed by atoms with van der Waals surface area (Å²) in [7, 11) is 0. The molecule has 1 aromatic carbocycles. The van der Waals surface area contributed by atoms with Gasteiger partial charge in [0.1, 0.15) is 0 Å². The van der Waals surface area contributed by atoms with Gasteiger partial charge in [-0.2, -0.15) is 5.10 Å². The van der Waals surface area contributed by atoms with Gasteiger partial charge in [0.05, 0.1) is 18.3 Å². The van der Waals surface area contributed by atoms with Crippen molar-refractivity contribution in [2.24, 2.45) is 5.92 Å². The number of carbonyl (C=O) groups excluding carboxylic acids is 1. The minimum absolute atomic E-state index is 0.0332. The molecule has 3 rings (SSSR count). The summed E-state index contributed by atoms with van der Waals surface area (Å²) < 4.78 is 1.75. The second-order valence-corrected chi connectivity index (χ2v) is 6.77. The number of benzene rings is 1. The number of hydrogen-bond donors (Lipinski definition) is 1. The van der Waals surface area contributed by atoms with Crippen molar-refractivity contribution in [3.05, 3.63) is 52.8 Å². The Balaban J connectivity index is 1.64. The molecule has 2 atom stereocenters. The molecule has 0 bridgehead atoms. The van der Waals surface area contributed by atoms with Crippen molar-refractivity contribution < 1.29 is 4.79 Å². The van der Waals surface area contributed by atoms with Crippen molar-refractivity contribution in [3.8, 4) is 0 Å². The molecule has 1 aliphatic carbocycles. The Morgan fingerprint density at radius 3 is 2.91 bits per heavy atom. The SMILES string of the molecule is C[C@H]1CCCC[C@@H]1NC(=O)c1cnn(Cc2ccccc2Cl)c1. The van der Waals surface area contributed by atoms with E-state index in [2.05, 4.69) is 17.3 Å². The molecule has 4 nitrogen and oxygen atoms in total. The summed E-state index contributed by atoms with van der Waals surface area (Å²) in [6.45, 7) is 2.78. The highest BCUT2D eigenvalue weighted by molar-refractivity contribution is 6.31. The largest absolute Gasteiger partial charge is 0.349 e. The van der Waals surface area contributed by atoms with E-state index >= 15 is 0 Å². The lowest BCUT2D eigenvalue weighted by molar-refractivity contribution is 0.0910. The maximum atomic E-state index is 12.4. The topological polar surface area (TPSA) is 46.9 Å². The Morgan fingerprint density at radius 1 is 1.35 bits per heavy atom. The predicted molar refractivity (Wildman–Crippen MR) is 91.7 cm³/mol. The Bertz CT molecular complexity index is 682. The molecule has 1 fully saturated rings. The molecule has 0 radical (unpaired) electrons. The molecular formula is C18H22ClN3O. The highest BCUT2D eigenvalue weighted by Gasteiger charge is 2.23. The van der Waals surface area contributed by atoms with Gasteiger partial charge in [-0.05, 0) is 30.4 Å². The van der Waals surface area contributed by atoms with Crippen molar-refractivity contribution in [2.45, 2.75) is 45.2 Å². The van der Waals surface area contributed by atoms with Gasteiger partial charge in [0.25, 0.3) is 5.91 Å². The van der Waals surface area contributed by atoms with Gasteiger partial charge in [-0.3, -0.25) is 9.48 Å². The van der Waals surface area contributed by atoms with Crippen molar-refractivity contribution in [1.82, 2.24) is 15.1 Å². The summed E-state index contributed by atoms with van der Waals surface area (Å²) in [5, 5.41) is 8.15. The molecule has 1 aliphatic rings. The third-order valence-corrected chi connectivity index (χ3v) is 4.98. The normalized spacial score (nSPS) is 21.1. The maximum absolute atomic E-state index is 12.4. The maximum Gasteiger partial charge on any atom is 0.254 e. The molecule has 0 saturated heterocycles. The van der Waals surface area contributed by atoms with Gasteiger partial charge in [0.2, 0.25) is 0 Å². The summed E-state index contributed by atoms with van der Waals surface area (Å²) in [6, 6.07) is 7.96. The average Bonchev–Trinajstić information content (AvgIpc) is 3.01. The van der Waals surface area contributed by atoms with Crippen LogP contribution in [0.15, 0.2) is 36.7 Å². The molecule has 0 unspecified atom stereocenters. The minimum Gasteiger partial charge on any atom is -0.349 e. The van der Waals surface area contributed by atoms with Crippen LogP contribution in [0.5, 0.6) is 0 Å². The first-order chi connectivity index (χ1) is 11.1. The number of amides is 1. The molecule has 1 amide bonds. The summed E-state index contributed by atoms with van der Waals surface area (Å²) in [5.74, 6) is 0.514. The highest BCUT2D eigenvalue weighted by atomic mass is 35.5. The lowest BCUT2D eigenvalue weighted by Crippen LogP contribution is -2.40. The van der Waals surface area contributed by atoms with Crippen molar-refractivity contribution in [3.63, 3.8) is 0 Å². The zero-order valence-electron chi connectivity index (χ0n) is 13.3. The lowest BCUT2D eigenvalue weighted by atomic mass is 9.86. The number of nitrogens with zero attached hydrogens (tertiary/aromatic N) is 2. The Hall–Kier alpha value is -1.81. The summed E-state index contributed by atoms with van der Waals surface area (Å²) >= 11 is 6.17. The predicted octanol–water partition coefficient (Wildman–Crippen LogP) is 3.89. The standard InChI is InChI=1S/C18H22ClN3O/c1-13-6-2-5-9-17(13)21-18(23)15-10-20-22(12-15)11-14-7-3-4-8-16(14)19/h3-4,7-8,10,12-13,17H,2,5-6,9,11H2,1H3,(H,21,23)/t13-,17-/m0/s1. The van der Waals surface area contributed by atoms with Gasteiger partial charge in [-0.25, -0.2) is 0 Å². The second kappa shape index (κ2) is 7.18. The second-order valence-electron chi connectivity index (χ2n) is 6.36. The number of rotatable bonds is 4. The van der Waals surface area contributed by atoms with E-state index in [1.165, 1.54) is 19.3 Å². The number of carbonyl (C=O) groups is 1. The van der Waals surface area contributed by atoms with Gasteiger partial charge in [-0.15, -0.1) is 0 Å². The van der Waals surface area contributed by atoms with Crippen LogP contribution in [-0.4, -0.2) is 21.7 Å². The lowest BCUT2D eigenvalue weighted by Gasteiger charge is -2.29. The van der Waals surface area contributed by atoms with Crippen LogP contribution in [0, 0.1) is 5.92 Å². The zero-order chi connectivity index (χ0) is 16.2. The smallest absolute Gasteiger partial charge is 0.254 e. The first-order valence-electron chi connectivity index (χ1n) is 8.20. The highest BCUT2D eigenvalue weighted by Crippen LogP contribution is 2.24. The molecule has 23 heavy (non-hydrogen) atoms. The van der Waals surface area contributed by atoms with Crippen molar-refractivity contribution in [2.75, 3.05) is 0 Å². The zero-order valence-corrected chi connectivity index (χ0v) is 14.1. The average molecular weight is 332 g/mol. The third-order valence-electron chi connectivity index (χ3n) is 4.61. The molecule has 122 valence electrons. The van der Waals surface area contributed by atoms with Crippen LogP contribution in [0.1, 0.15) is 48.5 Å². The molecular weight excluding hydrogens is 310 g/mol. The molecule has 0 aliphatic heterocycles. The number of halogens is 1. The van der Waals surface area contributed by atoms with E-state index in [0.29, 0.717) is 23.0 Å².